The van der Waals surface area contributed by atoms with E-state index in [9.17, 15) is 4.79 Å². The van der Waals surface area contributed by atoms with Crippen LogP contribution in [0.25, 0.3) is 11.3 Å². The Hall–Kier alpha value is -4.14. The maximum Gasteiger partial charge on any atom is 0.273 e. The van der Waals surface area contributed by atoms with E-state index in [0.29, 0.717) is 35.2 Å². The molecule has 4 aromatic rings. The molecule has 0 fully saturated rings. The molecule has 4 rings (SSSR count). The molecule has 164 valence electrons. The molecule has 0 saturated carbocycles. The second kappa shape index (κ2) is 8.93. The number of aromatic amines is 1. The summed E-state index contributed by atoms with van der Waals surface area (Å²) in [5.41, 5.74) is 5.32. The summed E-state index contributed by atoms with van der Waals surface area (Å²) < 4.78 is 13.1. The number of carbonyl (C=O) groups is 1. The van der Waals surface area contributed by atoms with Crippen LogP contribution in [0, 0.1) is 13.8 Å². The number of methoxy groups -OCH3 is 1. The van der Waals surface area contributed by atoms with E-state index in [1.807, 2.05) is 33.0 Å². The summed E-state index contributed by atoms with van der Waals surface area (Å²) in [6.45, 7) is 4.24. The summed E-state index contributed by atoms with van der Waals surface area (Å²) in [5.74, 6) is 0.783. The van der Waals surface area contributed by atoms with Crippen molar-refractivity contribution in [2.75, 3.05) is 12.4 Å². The third kappa shape index (κ3) is 4.31. The lowest BCUT2D eigenvalue weighted by atomic mass is 10.1. The largest absolute Gasteiger partial charge is 0.493 e. The van der Waals surface area contributed by atoms with Gasteiger partial charge in [-0.2, -0.15) is 10.2 Å². The Morgan fingerprint density at radius 3 is 2.59 bits per heavy atom. The van der Waals surface area contributed by atoms with E-state index >= 15 is 0 Å². The minimum absolute atomic E-state index is 0.312. The van der Waals surface area contributed by atoms with Crippen molar-refractivity contribution in [1.82, 2.24) is 25.0 Å². The molecule has 2 N–H and O–H groups in total. The zero-order chi connectivity index (χ0) is 22.7. The maximum absolute atomic E-state index is 12.8. The summed E-state index contributed by atoms with van der Waals surface area (Å²) in [5, 5.41) is 14.4. The van der Waals surface area contributed by atoms with Crippen molar-refractivity contribution >= 4 is 11.6 Å². The minimum atomic E-state index is -0.312. The van der Waals surface area contributed by atoms with Crippen LogP contribution in [0.1, 0.15) is 27.4 Å². The number of pyridine rings is 1. The summed E-state index contributed by atoms with van der Waals surface area (Å²) in [6.07, 6.45) is 3.42. The van der Waals surface area contributed by atoms with E-state index < -0.39 is 0 Å². The van der Waals surface area contributed by atoms with Gasteiger partial charge in [-0.1, -0.05) is 0 Å². The first-order chi connectivity index (χ1) is 15.5. The highest BCUT2D eigenvalue weighted by atomic mass is 16.5. The predicted octanol–water partition coefficient (Wildman–Crippen LogP) is 3.66. The van der Waals surface area contributed by atoms with Gasteiger partial charge >= 0.3 is 0 Å². The van der Waals surface area contributed by atoms with E-state index in [1.54, 1.807) is 48.5 Å². The zero-order valence-electron chi connectivity index (χ0n) is 18.3. The molecule has 0 bridgehead atoms. The lowest BCUT2D eigenvalue weighted by molar-refractivity contribution is 0.102. The number of hydrogen-bond donors (Lipinski definition) is 2. The Morgan fingerprint density at radius 2 is 1.91 bits per heavy atom. The number of amides is 1. The van der Waals surface area contributed by atoms with Gasteiger partial charge in [-0.3, -0.25) is 19.6 Å². The van der Waals surface area contributed by atoms with Crippen LogP contribution >= 0.6 is 0 Å². The summed E-state index contributed by atoms with van der Waals surface area (Å²) >= 11 is 0. The normalized spacial score (nSPS) is 10.8. The Morgan fingerprint density at radius 1 is 1.12 bits per heavy atom. The Bertz CT molecular complexity index is 1250. The summed E-state index contributed by atoms with van der Waals surface area (Å²) in [7, 11) is 3.45. The van der Waals surface area contributed by atoms with Crippen molar-refractivity contribution in [1.29, 1.82) is 0 Å². The molecule has 0 aliphatic carbocycles. The average molecular weight is 432 g/mol. The number of H-pyrrole nitrogens is 1. The van der Waals surface area contributed by atoms with Crippen molar-refractivity contribution in [3.63, 3.8) is 0 Å². The number of benzene rings is 1. The molecule has 0 spiro atoms. The molecule has 9 heteroatoms. The number of carbonyl (C=O) groups excluding carboxylic acids is 1. The van der Waals surface area contributed by atoms with E-state index in [-0.39, 0.29) is 5.91 Å². The Kier molecular flexibility index (Phi) is 5.89. The fourth-order valence-corrected chi connectivity index (χ4v) is 3.42. The van der Waals surface area contributed by atoms with Gasteiger partial charge in [-0.15, -0.1) is 0 Å². The van der Waals surface area contributed by atoms with E-state index in [2.05, 4.69) is 25.6 Å². The standard InChI is InChI=1S/C23H24N6O3/c1-14-22(15(2)29(3)28-14)18-12-19(27-26-18)23(30)25-17-5-6-20(31-4)21(11-17)32-13-16-7-9-24-10-8-16/h5-12H,13H2,1-4H3,(H,25,30)(H,26,27). The van der Waals surface area contributed by atoms with Crippen molar-refractivity contribution in [2.45, 2.75) is 20.5 Å². The third-order valence-corrected chi connectivity index (χ3v) is 5.15. The number of rotatable bonds is 7. The van der Waals surface area contributed by atoms with E-state index in [1.165, 1.54) is 0 Å². The van der Waals surface area contributed by atoms with Crippen molar-refractivity contribution in [3.05, 3.63) is 71.4 Å². The molecule has 3 aromatic heterocycles. The smallest absolute Gasteiger partial charge is 0.273 e. The lowest BCUT2D eigenvalue weighted by Gasteiger charge is -2.13. The fraction of sp³-hybridized carbons (Fsp3) is 0.217. The number of nitrogens with one attached hydrogen (secondary N) is 2. The van der Waals surface area contributed by atoms with Crippen LogP contribution in [0.3, 0.4) is 0 Å². The first kappa shape index (κ1) is 21.1. The van der Waals surface area contributed by atoms with Crippen LogP contribution < -0.4 is 14.8 Å². The highest BCUT2D eigenvalue weighted by Crippen LogP contribution is 2.31. The van der Waals surface area contributed by atoms with Gasteiger partial charge in [0.1, 0.15) is 12.3 Å². The van der Waals surface area contributed by atoms with Gasteiger partial charge in [-0.25, -0.2) is 0 Å². The fourth-order valence-electron chi connectivity index (χ4n) is 3.42. The van der Waals surface area contributed by atoms with E-state index in [0.717, 1.165) is 22.5 Å². The Balaban J connectivity index is 1.50. The van der Waals surface area contributed by atoms with E-state index in [4.69, 9.17) is 9.47 Å². The molecule has 0 unspecified atom stereocenters. The lowest BCUT2D eigenvalue weighted by Crippen LogP contribution is -2.12. The van der Waals surface area contributed by atoms with Crippen LogP contribution in [0.2, 0.25) is 0 Å². The Labute approximate surface area is 185 Å². The number of aromatic nitrogens is 5. The van der Waals surface area contributed by atoms with Gasteiger partial charge < -0.3 is 14.8 Å². The molecular formula is C23H24N6O3. The number of ether oxygens (including phenoxy) is 2. The van der Waals surface area contributed by atoms with Crippen LogP contribution in [-0.2, 0) is 13.7 Å². The van der Waals surface area contributed by atoms with Crippen molar-refractivity contribution in [2.24, 2.45) is 7.05 Å². The number of hydrogen-bond acceptors (Lipinski definition) is 6. The second-order valence-electron chi connectivity index (χ2n) is 7.30. The SMILES string of the molecule is COc1ccc(NC(=O)c2cc(-c3c(C)nn(C)c3C)n[nH]2)cc1OCc1ccncc1. The molecule has 0 atom stereocenters. The molecule has 32 heavy (non-hydrogen) atoms. The first-order valence-corrected chi connectivity index (χ1v) is 10.0. The maximum atomic E-state index is 12.8. The van der Waals surface area contributed by atoms with Gasteiger partial charge in [0.15, 0.2) is 11.5 Å². The highest BCUT2D eigenvalue weighted by Gasteiger charge is 2.18. The quantitative estimate of drug-likeness (QED) is 0.462. The van der Waals surface area contributed by atoms with Crippen molar-refractivity contribution in [3.8, 4) is 22.8 Å². The second-order valence-corrected chi connectivity index (χ2v) is 7.30. The van der Waals surface area contributed by atoms with Gasteiger partial charge in [0, 0.05) is 42.5 Å². The van der Waals surface area contributed by atoms with Crippen LogP contribution in [0.5, 0.6) is 11.5 Å². The number of aryl methyl sites for hydroxylation is 2. The first-order valence-electron chi connectivity index (χ1n) is 10.0. The predicted molar refractivity (Wildman–Crippen MR) is 120 cm³/mol. The van der Waals surface area contributed by atoms with Crippen LogP contribution in [0.15, 0.2) is 48.8 Å². The molecule has 1 aromatic carbocycles. The molecule has 3 heterocycles. The monoisotopic (exact) mass is 432 g/mol. The summed E-state index contributed by atoms with van der Waals surface area (Å²) in [6, 6.07) is 10.7. The van der Waals surface area contributed by atoms with Gasteiger partial charge in [0.25, 0.3) is 5.91 Å². The van der Waals surface area contributed by atoms with Gasteiger partial charge in [0.05, 0.1) is 18.5 Å². The average Bonchev–Trinajstić information content (AvgIpc) is 3.37. The number of anilines is 1. The van der Waals surface area contributed by atoms with Crippen molar-refractivity contribution < 1.29 is 14.3 Å². The molecule has 1 amide bonds. The van der Waals surface area contributed by atoms with Crippen LogP contribution in [0.4, 0.5) is 5.69 Å². The number of nitrogens with zero attached hydrogens (tertiary/aromatic N) is 4. The molecule has 0 saturated heterocycles. The minimum Gasteiger partial charge on any atom is -0.493 e. The zero-order valence-corrected chi connectivity index (χ0v) is 18.3. The topological polar surface area (TPSA) is 107 Å². The molecule has 0 radical (unpaired) electrons. The molecule has 9 nitrogen and oxygen atoms in total. The molecule has 0 aliphatic heterocycles. The highest BCUT2D eigenvalue weighted by molar-refractivity contribution is 6.03. The van der Waals surface area contributed by atoms with Gasteiger partial charge in [-0.05, 0) is 49.7 Å². The third-order valence-electron chi connectivity index (χ3n) is 5.15. The van der Waals surface area contributed by atoms with Crippen LogP contribution in [-0.4, -0.2) is 38.0 Å². The molecular weight excluding hydrogens is 408 g/mol. The summed E-state index contributed by atoms with van der Waals surface area (Å²) in [4.78, 5) is 16.8. The molecule has 0 aliphatic rings. The van der Waals surface area contributed by atoms with Gasteiger partial charge in [0.2, 0.25) is 0 Å².